The van der Waals surface area contributed by atoms with Crippen molar-refractivity contribution >= 4 is 29.7 Å². The number of thioether (sulfide) groups is 1. The van der Waals surface area contributed by atoms with Gasteiger partial charge in [-0.15, -0.1) is 10.2 Å². The molecule has 0 unspecified atom stereocenters. The van der Waals surface area contributed by atoms with Gasteiger partial charge in [-0.05, 0) is 19.1 Å². The zero-order valence-electron chi connectivity index (χ0n) is 16.0. The lowest BCUT2D eigenvalue weighted by Crippen LogP contribution is -2.39. The van der Waals surface area contributed by atoms with Gasteiger partial charge in [-0.3, -0.25) is 19.5 Å². The number of nitrogens with zero attached hydrogens (tertiary/aromatic N) is 3. The molecule has 0 saturated heterocycles. The minimum Gasteiger partial charge on any atom is -0.461 e. The number of urea groups is 1. The minimum atomic E-state index is -1.31. The highest BCUT2D eigenvalue weighted by Gasteiger charge is 2.26. The molecule has 11 heteroatoms. The normalized spacial score (nSPS) is 11.6. The van der Waals surface area contributed by atoms with Gasteiger partial charge < -0.3 is 14.9 Å². The van der Waals surface area contributed by atoms with E-state index in [1.54, 1.807) is 47.0 Å². The summed E-state index contributed by atoms with van der Waals surface area (Å²) in [4.78, 5) is 35.7. The highest BCUT2D eigenvalue weighted by Crippen LogP contribution is 2.25. The van der Waals surface area contributed by atoms with Crippen molar-refractivity contribution in [2.24, 2.45) is 5.73 Å². The molecule has 10 nitrogen and oxygen atoms in total. The largest absolute Gasteiger partial charge is 0.461 e. The average molecular weight is 429 g/mol. The molecule has 30 heavy (non-hydrogen) atoms. The number of ether oxygens (including phenoxy) is 1. The van der Waals surface area contributed by atoms with E-state index in [-0.39, 0.29) is 5.75 Å². The van der Waals surface area contributed by atoms with Crippen LogP contribution in [-0.4, -0.2) is 38.4 Å². The van der Waals surface area contributed by atoms with Crippen molar-refractivity contribution < 1.29 is 23.5 Å². The van der Waals surface area contributed by atoms with Crippen LogP contribution in [0.15, 0.2) is 58.3 Å². The Morgan fingerprint density at radius 1 is 1.20 bits per heavy atom. The Morgan fingerprint density at radius 2 is 1.97 bits per heavy atom. The lowest BCUT2D eigenvalue weighted by Gasteiger charge is -2.17. The molecule has 0 bridgehead atoms. The number of carbonyl (C=O) groups is 3. The maximum absolute atomic E-state index is 12.4. The standard InChI is InChI=1S/C19H19N5O5S/c1-2-24-16(13-9-6-10-28-13)22-23-19(24)30-11-14(25)29-15(17(26)21-18(20)27)12-7-4-3-5-8-12/h3-10,15H,2,11H2,1H3,(H3,20,21,26,27)/t15-/m0/s1. The SMILES string of the molecule is CCn1c(SCC(=O)O[C@H](C(=O)NC(N)=O)c2ccccc2)nnc1-c1ccco1. The van der Waals surface area contributed by atoms with Crippen molar-refractivity contribution in [1.82, 2.24) is 20.1 Å². The molecule has 2 aromatic heterocycles. The first-order valence-electron chi connectivity index (χ1n) is 8.94. The van der Waals surface area contributed by atoms with E-state index in [9.17, 15) is 14.4 Å². The van der Waals surface area contributed by atoms with E-state index in [0.29, 0.717) is 28.8 Å². The van der Waals surface area contributed by atoms with Gasteiger partial charge in [-0.25, -0.2) is 4.79 Å². The predicted molar refractivity (Wildman–Crippen MR) is 107 cm³/mol. The molecule has 0 aliphatic carbocycles. The number of hydrogen-bond acceptors (Lipinski definition) is 8. The smallest absolute Gasteiger partial charge is 0.318 e. The molecular weight excluding hydrogens is 410 g/mol. The zero-order valence-corrected chi connectivity index (χ0v) is 16.8. The van der Waals surface area contributed by atoms with Gasteiger partial charge in [0, 0.05) is 12.1 Å². The van der Waals surface area contributed by atoms with E-state index in [0.717, 1.165) is 11.8 Å². The van der Waals surface area contributed by atoms with E-state index < -0.39 is 24.0 Å². The topological polar surface area (TPSA) is 142 Å². The minimum absolute atomic E-state index is 0.122. The number of amides is 3. The van der Waals surface area contributed by atoms with Crippen molar-refractivity contribution in [2.45, 2.75) is 24.7 Å². The molecule has 0 aliphatic rings. The highest BCUT2D eigenvalue weighted by molar-refractivity contribution is 7.99. The Morgan fingerprint density at radius 3 is 2.60 bits per heavy atom. The van der Waals surface area contributed by atoms with E-state index in [1.165, 1.54) is 6.26 Å². The summed E-state index contributed by atoms with van der Waals surface area (Å²) in [5.41, 5.74) is 5.42. The number of aromatic nitrogens is 3. The van der Waals surface area contributed by atoms with Crippen LogP contribution in [0.1, 0.15) is 18.6 Å². The van der Waals surface area contributed by atoms with Crippen molar-refractivity contribution in [3.05, 3.63) is 54.3 Å². The van der Waals surface area contributed by atoms with E-state index in [2.05, 4.69) is 10.2 Å². The summed E-state index contributed by atoms with van der Waals surface area (Å²) in [6.07, 6.45) is 0.226. The Hall–Kier alpha value is -3.60. The summed E-state index contributed by atoms with van der Waals surface area (Å²) in [6, 6.07) is 10.8. The molecule has 0 spiro atoms. The Bertz CT molecular complexity index is 1020. The first-order chi connectivity index (χ1) is 14.5. The highest BCUT2D eigenvalue weighted by atomic mass is 32.2. The number of nitrogens with two attached hydrogens (primary N) is 1. The van der Waals surface area contributed by atoms with Gasteiger partial charge in [-0.1, -0.05) is 42.1 Å². The van der Waals surface area contributed by atoms with Crippen LogP contribution in [0.5, 0.6) is 0 Å². The van der Waals surface area contributed by atoms with Gasteiger partial charge in [0.05, 0.1) is 12.0 Å². The van der Waals surface area contributed by atoms with Crippen LogP contribution in [0.3, 0.4) is 0 Å². The van der Waals surface area contributed by atoms with E-state index >= 15 is 0 Å². The number of furan rings is 1. The molecule has 1 aromatic carbocycles. The molecule has 0 saturated carbocycles. The van der Waals surface area contributed by atoms with Crippen LogP contribution in [0.25, 0.3) is 11.6 Å². The lowest BCUT2D eigenvalue weighted by molar-refractivity contribution is -0.153. The van der Waals surface area contributed by atoms with Crippen molar-refractivity contribution in [1.29, 1.82) is 0 Å². The van der Waals surface area contributed by atoms with Crippen molar-refractivity contribution in [3.63, 3.8) is 0 Å². The second-order valence-corrected chi connectivity index (χ2v) is 6.89. The van der Waals surface area contributed by atoms with Gasteiger partial charge in [0.1, 0.15) is 0 Å². The predicted octanol–water partition coefficient (Wildman–Crippen LogP) is 2.13. The fourth-order valence-corrected chi connectivity index (χ4v) is 3.43. The summed E-state index contributed by atoms with van der Waals surface area (Å²) < 4.78 is 12.5. The number of benzene rings is 1. The van der Waals surface area contributed by atoms with Crippen LogP contribution >= 0.6 is 11.8 Å². The average Bonchev–Trinajstić information content (AvgIpc) is 3.39. The van der Waals surface area contributed by atoms with Crippen molar-refractivity contribution in [2.75, 3.05) is 5.75 Å². The number of esters is 1. The molecule has 3 amide bonds. The number of hydrogen-bond donors (Lipinski definition) is 2. The Labute approximate surface area is 175 Å². The summed E-state index contributed by atoms with van der Waals surface area (Å²) in [7, 11) is 0. The zero-order chi connectivity index (χ0) is 21.5. The molecular formula is C19H19N5O5S. The molecule has 156 valence electrons. The first-order valence-corrected chi connectivity index (χ1v) is 9.92. The molecule has 1 atom stereocenters. The number of primary amides is 1. The number of imide groups is 1. The van der Waals surface area contributed by atoms with E-state index in [1.807, 2.05) is 12.2 Å². The third-order valence-corrected chi connectivity index (χ3v) is 4.87. The van der Waals surface area contributed by atoms with E-state index in [4.69, 9.17) is 14.9 Å². The quantitative estimate of drug-likeness (QED) is 0.409. The second kappa shape index (κ2) is 9.74. The Kier molecular flexibility index (Phi) is 6.86. The molecule has 0 radical (unpaired) electrons. The van der Waals surface area contributed by atoms with Crippen molar-refractivity contribution in [3.8, 4) is 11.6 Å². The van der Waals surface area contributed by atoms with Gasteiger partial charge >= 0.3 is 12.0 Å². The van der Waals surface area contributed by atoms with Gasteiger partial charge in [-0.2, -0.15) is 0 Å². The summed E-state index contributed by atoms with van der Waals surface area (Å²) in [6.45, 7) is 2.48. The fourth-order valence-electron chi connectivity index (χ4n) is 2.65. The van der Waals surface area contributed by atoms with Crippen LogP contribution in [-0.2, 0) is 20.9 Å². The second-order valence-electron chi connectivity index (χ2n) is 5.95. The first kappa shape index (κ1) is 21.1. The van der Waals surface area contributed by atoms with Crippen LogP contribution < -0.4 is 11.1 Å². The maximum atomic E-state index is 12.4. The van der Waals surface area contributed by atoms with Crippen LogP contribution in [0, 0.1) is 0 Å². The van der Waals surface area contributed by atoms with Gasteiger partial charge in [0.2, 0.25) is 6.10 Å². The number of rotatable bonds is 8. The maximum Gasteiger partial charge on any atom is 0.318 e. The molecule has 2 heterocycles. The molecule has 0 aliphatic heterocycles. The molecule has 3 N–H and O–H groups in total. The number of nitrogens with one attached hydrogen (secondary N) is 1. The Balaban J connectivity index is 1.69. The molecule has 0 fully saturated rings. The monoisotopic (exact) mass is 429 g/mol. The third-order valence-electron chi connectivity index (χ3n) is 3.93. The third kappa shape index (κ3) is 5.06. The number of carbonyl (C=O) groups excluding carboxylic acids is 3. The summed E-state index contributed by atoms with van der Waals surface area (Å²) in [5, 5.41) is 10.6. The fraction of sp³-hybridized carbons (Fsp3) is 0.211. The van der Waals surface area contributed by atoms with Crippen LogP contribution in [0.4, 0.5) is 4.79 Å². The van der Waals surface area contributed by atoms with Crippen LogP contribution in [0.2, 0.25) is 0 Å². The lowest BCUT2D eigenvalue weighted by atomic mass is 10.1. The summed E-state index contributed by atoms with van der Waals surface area (Å²) in [5.74, 6) is -0.515. The molecule has 3 aromatic rings. The van der Waals surface area contributed by atoms with Gasteiger partial charge in [0.15, 0.2) is 16.7 Å². The molecule has 3 rings (SSSR count). The van der Waals surface area contributed by atoms with Gasteiger partial charge in [0.25, 0.3) is 5.91 Å². The summed E-state index contributed by atoms with van der Waals surface area (Å²) >= 11 is 1.11.